The van der Waals surface area contributed by atoms with E-state index in [1.54, 1.807) is 12.1 Å². The van der Waals surface area contributed by atoms with Gasteiger partial charge < -0.3 is 0 Å². The second kappa shape index (κ2) is 5.37. The summed E-state index contributed by atoms with van der Waals surface area (Å²) in [4.78, 5) is 0. The maximum atomic E-state index is 10.9. The molecule has 0 heterocycles. The van der Waals surface area contributed by atoms with Gasteiger partial charge >= 0.3 is 90.4 Å². The number of anilines is 1. The first-order chi connectivity index (χ1) is 7.04. The summed E-state index contributed by atoms with van der Waals surface area (Å²) in [6, 6.07) is 6.07. The third kappa shape index (κ3) is 4.09. The molecule has 1 aromatic rings. The molecule has 84 valence electrons. The van der Waals surface area contributed by atoms with E-state index in [0.29, 0.717) is 13.0 Å². The van der Waals surface area contributed by atoms with Gasteiger partial charge in [-0.1, -0.05) is 0 Å². The van der Waals surface area contributed by atoms with Crippen molar-refractivity contribution >= 4 is 24.2 Å². The summed E-state index contributed by atoms with van der Waals surface area (Å²) >= 11 is -4.74. The van der Waals surface area contributed by atoms with Crippen molar-refractivity contribution in [2.75, 3.05) is 18.5 Å². The fourth-order valence-corrected chi connectivity index (χ4v) is 2.21. The molecule has 0 aliphatic rings. The molecule has 0 aliphatic carbocycles. The quantitative estimate of drug-likeness (QED) is 0.410. The summed E-state index contributed by atoms with van der Waals surface area (Å²) in [7, 11) is 0. The Labute approximate surface area is 90.8 Å². The molecule has 5 nitrogen and oxygen atoms in total. The van der Waals surface area contributed by atoms with Crippen molar-refractivity contribution < 1.29 is 17.0 Å². The fraction of sp³-hybridized carbons (Fsp3) is 0.333. The Bertz CT molecular complexity index is 346. The van der Waals surface area contributed by atoms with Crippen LogP contribution >= 0.6 is 0 Å². The standard InChI is InChI=1S/C9H14AsNO4/c12-7-1-6-11-9-4-2-8(3-5-9)10(13,14)15/h2-5,11-12H,1,6-7H2,(H2,13,14,15). The van der Waals surface area contributed by atoms with Crippen LogP contribution in [-0.4, -0.2) is 40.6 Å². The molecule has 0 saturated heterocycles. The Hall–Kier alpha value is -0.742. The van der Waals surface area contributed by atoms with Crippen LogP contribution in [0.4, 0.5) is 5.69 Å². The van der Waals surface area contributed by atoms with E-state index in [1.807, 2.05) is 0 Å². The molecule has 0 atom stereocenters. The Morgan fingerprint density at radius 3 is 2.27 bits per heavy atom. The van der Waals surface area contributed by atoms with Gasteiger partial charge in [0.2, 0.25) is 0 Å². The van der Waals surface area contributed by atoms with Crippen molar-refractivity contribution in [1.29, 1.82) is 0 Å². The van der Waals surface area contributed by atoms with E-state index >= 15 is 0 Å². The Morgan fingerprint density at radius 1 is 1.20 bits per heavy atom. The summed E-state index contributed by atoms with van der Waals surface area (Å²) in [5, 5.41) is 11.6. The van der Waals surface area contributed by atoms with Gasteiger partial charge in [0.05, 0.1) is 0 Å². The van der Waals surface area contributed by atoms with Gasteiger partial charge in [-0.25, -0.2) is 0 Å². The third-order valence-electron chi connectivity index (χ3n) is 1.87. The average Bonchev–Trinajstić information content (AvgIpc) is 2.18. The number of aliphatic hydroxyl groups is 1. The van der Waals surface area contributed by atoms with Crippen LogP contribution in [0.5, 0.6) is 0 Å². The number of benzene rings is 1. The minimum absolute atomic E-state index is 0.0702. The SMILES string of the molecule is O=[As](O)(O)c1ccc(NCCCO)cc1. The van der Waals surface area contributed by atoms with Gasteiger partial charge in [0.25, 0.3) is 0 Å². The van der Waals surface area contributed by atoms with Crippen LogP contribution in [-0.2, 0) is 3.74 Å². The van der Waals surface area contributed by atoms with Crippen LogP contribution in [0.1, 0.15) is 6.42 Å². The van der Waals surface area contributed by atoms with Crippen LogP contribution in [0, 0.1) is 0 Å². The summed E-state index contributed by atoms with van der Waals surface area (Å²) in [5.74, 6) is 0. The molecule has 0 spiro atoms. The van der Waals surface area contributed by atoms with Gasteiger partial charge in [0.15, 0.2) is 0 Å². The first-order valence-corrected chi connectivity index (χ1v) is 7.93. The van der Waals surface area contributed by atoms with Gasteiger partial charge in [0.1, 0.15) is 0 Å². The van der Waals surface area contributed by atoms with E-state index in [4.69, 9.17) is 13.3 Å². The maximum absolute atomic E-state index is 10.9. The van der Waals surface area contributed by atoms with Crippen molar-refractivity contribution in [2.24, 2.45) is 0 Å². The number of rotatable bonds is 5. The van der Waals surface area contributed by atoms with E-state index < -0.39 is 14.2 Å². The molecule has 0 amide bonds. The van der Waals surface area contributed by atoms with Gasteiger partial charge in [-0.3, -0.25) is 0 Å². The Morgan fingerprint density at radius 2 is 1.80 bits per heavy atom. The number of hydrogen-bond acceptors (Lipinski definition) is 3. The van der Waals surface area contributed by atoms with Crippen molar-refractivity contribution in [3.05, 3.63) is 24.3 Å². The van der Waals surface area contributed by atoms with E-state index in [2.05, 4.69) is 5.32 Å². The Balaban J connectivity index is 2.61. The number of nitrogens with one attached hydrogen (secondary N) is 1. The fourth-order valence-electron chi connectivity index (χ4n) is 1.09. The molecule has 0 fully saturated rings. The zero-order valence-electron chi connectivity index (χ0n) is 8.13. The molecule has 4 N–H and O–H groups in total. The van der Waals surface area contributed by atoms with Crippen LogP contribution in [0.3, 0.4) is 0 Å². The molecule has 0 saturated carbocycles. The first kappa shape index (κ1) is 12.3. The van der Waals surface area contributed by atoms with Gasteiger partial charge in [-0.15, -0.1) is 0 Å². The van der Waals surface area contributed by atoms with Gasteiger partial charge in [-0.05, 0) is 0 Å². The minimum atomic E-state index is -4.74. The summed E-state index contributed by atoms with van der Waals surface area (Å²) in [6.45, 7) is 0.757. The van der Waals surface area contributed by atoms with Crippen LogP contribution in [0.15, 0.2) is 24.3 Å². The van der Waals surface area contributed by atoms with Gasteiger partial charge in [-0.2, -0.15) is 0 Å². The molecule has 1 rings (SSSR count). The predicted molar refractivity (Wildman–Crippen MR) is 57.1 cm³/mol. The molecule has 0 aliphatic heterocycles. The number of hydrogen-bond donors (Lipinski definition) is 4. The molecule has 15 heavy (non-hydrogen) atoms. The molecule has 1 aromatic carbocycles. The molecular weight excluding hydrogens is 261 g/mol. The van der Waals surface area contributed by atoms with Crippen molar-refractivity contribution in [3.8, 4) is 0 Å². The van der Waals surface area contributed by atoms with E-state index in [0.717, 1.165) is 5.69 Å². The van der Waals surface area contributed by atoms with Crippen molar-refractivity contribution in [3.63, 3.8) is 0 Å². The van der Waals surface area contributed by atoms with Crippen molar-refractivity contribution in [1.82, 2.24) is 0 Å². The summed E-state index contributed by atoms with van der Waals surface area (Å²) in [6.07, 6.45) is 0.643. The second-order valence-corrected chi connectivity index (χ2v) is 6.46. The zero-order chi connectivity index (χ0) is 11.3. The van der Waals surface area contributed by atoms with Crippen LogP contribution in [0.2, 0.25) is 0 Å². The van der Waals surface area contributed by atoms with E-state index in [1.165, 1.54) is 12.1 Å². The monoisotopic (exact) mass is 275 g/mol. The predicted octanol–water partition coefficient (Wildman–Crippen LogP) is -0.958. The average molecular weight is 275 g/mol. The Kier molecular flexibility index (Phi) is 4.42. The van der Waals surface area contributed by atoms with Gasteiger partial charge in [0, 0.05) is 0 Å². The molecule has 0 unspecified atom stereocenters. The summed E-state index contributed by atoms with van der Waals surface area (Å²) < 4.78 is 28.8. The first-order valence-electron chi connectivity index (χ1n) is 4.55. The van der Waals surface area contributed by atoms with Crippen molar-refractivity contribution in [2.45, 2.75) is 6.42 Å². The topological polar surface area (TPSA) is 89.8 Å². The van der Waals surface area contributed by atoms with E-state index in [9.17, 15) is 3.74 Å². The molecule has 0 radical (unpaired) electrons. The third-order valence-corrected chi connectivity index (χ3v) is 3.90. The molecular formula is C9H14AsNO4. The molecule has 0 bridgehead atoms. The molecule has 6 heteroatoms. The van der Waals surface area contributed by atoms with E-state index in [-0.39, 0.29) is 11.0 Å². The molecule has 0 aromatic heterocycles. The van der Waals surface area contributed by atoms with Crippen LogP contribution in [0.25, 0.3) is 0 Å². The summed E-state index contributed by atoms with van der Waals surface area (Å²) in [5.41, 5.74) is 0.788. The number of aliphatic hydroxyl groups excluding tert-OH is 1. The second-order valence-electron chi connectivity index (χ2n) is 3.09. The zero-order valence-corrected chi connectivity index (χ0v) is 10.0. The van der Waals surface area contributed by atoms with Crippen LogP contribution < -0.4 is 9.67 Å². The normalized spacial score (nSPS) is 11.4.